The smallest absolute Gasteiger partial charge is 0.259 e. The van der Waals surface area contributed by atoms with E-state index in [0.29, 0.717) is 17.7 Å². The number of imide groups is 1. The van der Waals surface area contributed by atoms with Crippen LogP contribution in [0.1, 0.15) is 20.7 Å². The number of fused-ring (bicyclic) bond motifs is 10. The average molecular weight is 476 g/mol. The predicted molar refractivity (Wildman–Crippen MR) is 126 cm³/mol. The number of nitrogens with one attached hydrogen (secondary N) is 1. The van der Waals surface area contributed by atoms with Gasteiger partial charge in [-0.25, -0.2) is 0 Å². The van der Waals surface area contributed by atoms with Gasteiger partial charge in [-0.05, 0) is 18.2 Å². The number of halogens is 1. The van der Waals surface area contributed by atoms with Crippen molar-refractivity contribution in [2.75, 3.05) is 12.4 Å². The molecule has 5 aromatic rings. The van der Waals surface area contributed by atoms with Crippen LogP contribution in [0.4, 0.5) is 0 Å². The number of carbonyl (C=O) groups is 2. The summed E-state index contributed by atoms with van der Waals surface area (Å²) in [7, 11) is 3.61. The van der Waals surface area contributed by atoms with Crippen molar-refractivity contribution in [2.45, 2.75) is 6.54 Å². The molecular weight excluding hydrogens is 458 g/mol. The monoisotopic (exact) mass is 475 g/mol. The zero-order valence-corrected chi connectivity index (χ0v) is 18.5. The lowest BCUT2D eigenvalue weighted by atomic mass is 9.93. The Hall–Kier alpha value is -3.32. The van der Waals surface area contributed by atoms with Crippen molar-refractivity contribution >= 4 is 71.2 Å². The number of benzene rings is 3. The topological polar surface area (TPSA) is 65.3 Å². The van der Waals surface area contributed by atoms with Crippen LogP contribution in [0.2, 0.25) is 0 Å². The number of nitrogens with zero attached hydrogens (tertiary/aromatic N) is 2. The van der Waals surface area contributed by atoms with Crippen molar-refractivity contribution in [3.05, 3.63) is 53.7 Å². The van der Waals surface area contributed by atoms with Gasteiger partial charge >= 0.3 is 0 Å². The predicted octanol–water partition coefficient (Wildman–Crippen LogP) is 4.73. The number of aromatic nitrogens is 2. The van der Waals surface area contributed by atoms with Crippen molar-refractivity contribution in [2.24, 2.45) is 7.05 Å². The van der Waals surface area contributed by atoms with E-state index < -0.39 is 0 Å². The minimum Gasteiger partial charge on any atom is -0.497 e. The fraction of sp³-hybridized carbons (Fsp3) is 0.167. The van der Waals surface area contributed by atoms with Crippen LogP contribution in [0, 0.1) is 0 Å². The van der Waals surface area contributed by atoms with Crippen LogP contribution in [-0.4, -0.2) is 33.4 Å². The zero-order chi connectivity index (χ0) is 21.4. The van der Waals surface area contributed by atoms with Gasteiger partial charge in [-0.1, -0.05) is 28.1 Å². The Morgan fingerprint density at radius 3 is 2.39 bits per heavy atom. The number of rotatable bonds is 3. The molecule has 0 bridgehead atoms. The van der Waals surface area contributed by atoms with Gasteiger partial charge in [0.15, 0.2) is 0 Å². The fourth-order valence-corrected chi connectivity index (χ4v) is 5.43. The number of hydrogen-bond acceptors (Lipinski definition) is 3. The second kappa shape index (κ2) is 6.34. The van der Waals surface area contributed by atoms with Crippen molar-refractivity contribution in [1.29, 1.82) is 0 Å². The molecule has 0 atom stereocenters. The van der Waals surface area contributed by atoms with Crippen molar-refractivity contribution in [1.82, 2.24) is 14.5 Å². The molecule has 6 rings (SSSR count). The first-order chi connectivity index (χ1) is 15.0. The van der Waals surface area contributed by atoms with Crippen LogP contribution in [-0.2, 0) is 13.6 Å². The van der Waals surface area contributed by atoms with Crippen LogP contribution < -0.4 is 10.1 Å². The highest BCUT2D eigenvalue weighted by atomic mass is 79.9. The highest BCUT2D eigenvalue weighted by molar-refractivity contribution is 9.09. The molecule has 0 spiro atoms. The van der Waals surface area contributed by atoms with Gasteiger partial charge in [-0.15, -0.1) is 0 Å². The van der Waals surface area contributed by atoms with Gasteiger partial charge in [-0.3, -0.25) is 14.9 Å². The van der Waals surface area contributed by atoms with Crippen molar-refractivity contribution < 1.29 is 14.3 Å². The molecule has 3 heterocycles. The van der Waals surface area contributed by atoms with Crippen LogP contribution in [0.15, 0.2) is 42.6 Å². The first-order valence-corrected chi connectivity index (χ1v) is 11.1. The zero-order valence-electron chi connectivity index (χ0n) is 17.0. The summed E-state index contributed by atoms with van der Waals surface area (Å²) < 4.78 is 9.70. The quantitative estimate of drug-likeness (QED) is 0.303. The van der Waals surface area contributed by atoms with E-state index in [-0.39, 0.29) is 11.8 Å². The van der Waals surface area contributed by atoms with E-state index in [4.69, 9.17) is 4.74 Å². The molecule has 0 unspecified atom stereocenters. The number of hydrogen-bond donors (Lipinski definition) is 1. The molecule has 1 aliphatic rings. The molecule has 2 amide bonds. The maximum Gasteiger partial charge on any atom is 0.259 e. The summed E-state index contributed by atoms with van der Waals surface area (Å²) in [6, 6.07) is 12.0. The summed E-state index contributed by atoms with van der Waals surface area (Å²) >= 11 is 3.58. The summed E-state index contributed by atoms with van der Waals surface area (Å²) in [6.45, 7) is 0.710. The first-order valence-electron chi connectivity index (χ1n) is 10.0. The second-order valence-corrected chi connectivity index (χ2v) is 8.63. The summed E-state index contributed by atoms with van der Waals surface area (Å²) in [4.78, 5) is 26.0. The molecule has 0 aliphatic carbocycles. The van der Waals surface area contributed by atoms with E-state index in [0.717, 1.165) is 54.6 Å². The lowest BCUT2D eigenvalue weighted by molar-refractivity contribution is 0.0880. The van der Waals surface area contributed by atoms with Gasteiger partial charge in [0.05, 0.1) is 34.8 Å². The molecule has 6 nitrogen and oxygen atoms in total. The standard InChI is InChI=1S/C24H18BrN3O3/c1-27-9-7-12-3-5-15-18(21(12)27)20-19(23(29)26-24(20)30)17-14-6-4-13(31-2)11-16(14)28(10-8-25)22(15)17/h3-7,9,11H,8,10H2,1-2H3,(H,26,29,30). The molecular formula is C24H18BrN3O3. The number of carbonyl (C=O) groups excluding carboxylic acids is 2. The molecule has 0 saturated heterocycles. The van der Waals surface area contributed by atoms with E-state index in [1.54, 1.807) is 7.11 Å². The van der Waals surface area contributed by atoms with Crippen LogP contribution in [0.3, 0.4) is 0 Å². The minimum absolute atomic E-state index is 0.337. The molecule has 0 radical (unpaired) electrons. The molecule has 31 heavy (non-hydrogen) atoms. The average Bonchev–Trinajstić information content (AvgIpc) is 3.40. The molecule has 1 N–H and O–H groups in total. The van der Waals surface area contributed by atoms with E-state index in [2.05, 4.69) is 37.9 Å². The van der Waals surface area contributed by atoms with E-state index in [1.165, 1.54) is 0 Å². The number of aryl methyl sites for hydroxylation is 2. The molecule has 2 aromatic heterocycles. The van der Waals surface area contributed by atoms with E-state index in [1.807, 2.05) is 42.1 Å². The van der Waals surface area contributed by atoms with E-state index >= 15 is 0 Å². The Labute approximate surface area is 185 Å². The summed E-state index contributed by atoms with van der Waals surface area (Å²) in [5, 5.41) is 7.86. The maximum atomic E-state index is 13.0. The lowest BCUT2D eigenvalue weighted by Gasteiger charge is -2.12. The Balaban J connectivity index is 1.98. The Kier molecular flexibility index (Phi) is 3.77. The Morgan fingerprint density at radius 1 is 0.968 bits per heavy atom. The molecule has 0 saturated carbocycles. The van der Waals surface area contributed by atoms with Gasteiger partial charge in [0.2, 0.25) is 0 Å². The second-order valence-electron chi connectivity index (χ2n) is 7.83. The third-order valence-corrected chi connectivity index (χ3v) is 6.66. The van der Waals surface area contributed by atoms with Crippen LogP contribution in [0.25, 0.3) is 43.5 Å². The largest absolute Gasteiger partial charge is 0.497 e. The summed E-state index contributed by atoms with van der Waals surface area (Å²) in [5.41, 5.74) is 3.82. The highest BCUT2D eigenvalue weighted by Gasteiger charge is 2.35. The minimum atomic E-state index is -0.341. The van der Waals surface area contributed by atoms with Crippen LogP contribution in [0.5, 0.6) is 5.75 Å². The number of methoxy groups -OCH3 is 1. The number of alkyl halides is 1. The van der Waals surface area contributed by atoms with E-state index in [9.17, 15) is 9.59 Å². The number of ether oxygens (including phenoxy) is 1. The highest BCUT2D eigenvalue weighted by Crippen LogP contribution is 2.44. The van der Waals surface area contributed by atoms with Gasteiger partial charge in [-0.2, -0.15) is 0 Å². The lowest BCUT2D eigenvalue weighted by Crippen LogP contribution is -2.20. The summed E-state index contributed by atoms with van der Waals surface area (Å²) in [5.74, 6) is 0.0692. The maximum absolute atomic E-state index is 13.0. The molecule has 154 valence electrons. The molecule has 7 heteroatoms. The van der Waals surface area contributed by atoms with Crippen molar-refractivity contribution in [3.8, 4) is 5.75 Å². The Bertz CT molecular complexity index is 1610. The fourth-order valence-electron chi connectivity index (χ4n) is 5.08. The number of amides is 2. The van der Waals surface area contributed by atoms with Gasteiger partial charge in [0.1, 0.15) is 5.75 Å². The molecule has 0 fully saturated rings. The third kappa shape index (κ3) is 2.27. The van der Waals surface area contributed by atoms with Gasteiger partial charge in [0.25, 0.3) is 11.8 Å². The van der Waals surface area contributed by atoms with Crippen LogP contribution >= 0.6 is 15.9 Å². The van der Waals surface area contributed by atoms with Crippen molar-refractivity contribution in [3.63, 3.8) is 0 Å². The van der Waals surface area contributed by atoms with Gasteiger partial charge in [0, 0.05) is 58.1 Å². The third-order valence-electron chi connectivity index (χ3n) is 6.31. The van der Waals surface area contributed by atoms with Gasteiger partial charge < -0.3 is 13.9 Å². The molecule has 3 aromatic carbocycles. The summed E-state index contributed by atoms with van der Waals surface area (Å²) in [6.07, 6.45) is 1.98. The SMILES string of the molecule is COc1ccc2c3c4c(c5c(ccc6ccn(C)c65)c3n(CCBr)c2c1)C(=O)NC4=O. The Morgan fingerprint density at radius 2 is 1.68 bits per heavy atom. The normalized spacial score (nSPS) is 13.6. The molecule has 1 aliphatic heterocycles. The first kappa shape index (κ1) is 18.4.